The number of allylic oxidation sites excluding steroid dienone is 2. The summed E-state index contributed by atoms with van der Waals surface area (Å²) in [5.74, 6) is 5.36. The molecular weight excluding hydrogens is 168 g/mol. The van der Waals surface area contributed by atoms with Crippen molar-refractivity contribution in [3.63, 3.8) is 0 Å². The molecule has 0 rings (SSSR count). The van der Waals surface area contributed by atoms with E-state index in [4.69, 9.17) is 0 Å². The van der Waals surface area contributed by atoms with Gasteiger partial charge in [-0.25, -0.2) is 0 Å². The first-order valence-corrected chi connectivity index (χ1v) is 5.41. The lowest BCUT2D eigenvalue weighted by molar-refractivity contribution is 0.886. The Hall–Kier alpha value is -0.700. The second-order valence-electron chi connectivity index (χ2n) is 3.50. The molecule has 0 aromatic rings. The van der Waals surface area contributed by atoms with Crippen molar-refractivity contribution in [2.24, 2.45) is 0 Å². The van der Waals surface area contributed by atoms with Gasteiger partial charge in [0.1, 0.15) is 0 Å². The van der Waals surface area contributed by atoms with Crippen molar-refractivity contribution in [2.75, 3.05) is 0 Å². The number of hydrogen-bond donors (Lipinski definition) is 0. The van der Waals surface area contributed by atoms with Crippen LogP contribution in [0.2, 0.25) is 0 Å². The average Bonchev–Trinajstić information content (AvgIpc) is 2.18. The van der Waals surface area contributed by atoms with E-state index in [0.29, 0.717) is 0 Å². The van der Waals surface area contributed by atoms with Gasteiger partial charge in [-0.3, -0.25) is 0 Å². The molecule has 0 unspecified atom stereocenters. The minimum atomic E-state index is 1.32. The third-order valence-corrected chi connectivity index (χ3v) is 1.75. The molecule has 0 heterocycles. The predicted molar refractivity (Wildman–Crippen MR) is 69.4 cm³/mol. The van der Waals surface area contributed by atoms with E-state index in [1.165, 1.54) is 24.0 Å². The molecular formula is C14H28. The quantitative estimate of drug-likeness (QED) is 0.399. The van der Waals surface area contributed by atoms with Gasteiger partial charge in [-0.05, 0) is 41.5 Å². The maximum Gasteiger partial charge on any atom is -0.00271 e. The molecule has 0 N–H and O–H groups in total. The summed E-state index contributed by atoms with van der Waals surface area (Å²) in [6.45, 7) is 16.5. The summed E-state index contributed by atoms with van der Waals surface area (Å²) in [6, 6.07) is 0. The van der Waals surface area contributed by atoms with Gasteiger partial charge < -0.3 is 0 Å². The van der Waals surface area contributed by atoms with Gasteiger partial charge in [0.05, 0.1) is 0 Å². The van der Waals surface area contributed by atoms with Crippen LogP contribution in [0.3, 0.4) is 0 Å². The largest absolute Gasteiger partial charge is 0.107 e. The molecule has 0 saturated heterocycles. The molecule has 0 saturated carbocycles. The fourth-order valence-electron chi connectivity index (χ4n) is 0. The van der Waals surface area contributed by atoms with Gasteiger partial charge in [0.25, 0.3) is 0 Å². The summed E-state index contributed by atoms with van der Waals surface area (Å²) >= 11 is 0. The molecule has 0 amide bonds. The minimum Gasteiger partial charge on any atom is -0.107 e. The number of rotatable bonds is 1. The van der Waals surface area contributed by atoms with E-state index in [-0.39, 0.29) is 0 Å². The molecule has 0 aliphatic rings. The Bertz CT molecular complexity index is 148. The van der Waals surface area contributed by atoms with Gasteiger partial charge in [-0.2, -0.15) is 0 Å². The first-order valence-electron chi connectivity index (χ1n) is 5.41. The molecule has 14 heavy (non-hydrogen) atoms. The molecule has 0 fully saturated rings. The zero-order valence-electron chi connectivity index (χ0n) is 11.4. The van der Waals surface area contributed by atoms with Crippen molar-refractivity contribution in [1.29, 1.82) is 0 Å². The molecule has 0 heteroatoms. The maximum absolute atomic E-state index is 2.68. The van der Waals surface area contributed by atoms with Crippen molar-refractivity contribution >= 4 is 0 Å². The Kier molecular flexibility index (Phi) is 24.6. The molecule has 0 aliphatic heterocycles. The fourth-order valence-corrected chi connectivity index (χ4v) is 0. The van der Waals surface area contributed by atoms with Crippen molar-refractivity contribution in [3.8, 4) is 11.8 Å². The van der Waals surface area contributed by atoms with Crippen LogP contribution in [0.5, 0.6) is 0 Å². The van der Waals surface area contributed by atoms with E-state index >= 15 is 0 Å². The summed E-state index contributed by atoms with van der Waals surface area (Å²) in [4.78, 5) is 0. The highest BCUT2D eigenvalue weighted by molar-refractivity contribution is 5.02. The van der Waals surface area contributed by atoms with Gasteiger partial charge in [-0.15, -0.1) is 11.8 Å². The van der Waals surface area contributed by atoms with Gasteiger partial charge in [0, 0.05) is 0 Å². The van der Waals surface area contributed by atoms with E-state index in [0.717, 1.165) is 0 Å². The molecule has 0 atom stereocenters. The van der Waals surface area contributed by atoms with Crippen molar-refractivity contribution in [2.45, 2.75) is 68.2 Å². The SMILES string of the molecule is CC#CC.CC(C)=C(C)C.CCCC. The Morgan fingerprint density at radius 3 is 0.929 bits per heavy atom. The Labute approximate surface area is 91.8 Å². The fraction of sp³-hybridized carbons (Fsp3) is 0.714. The average molecular weight is 196 g/mol. The van der Waals surface area contributed by atoms with Crippen LogP contribution < -0.4 is 0 Å². The van der Waals surface area contributed by atoms with E-state index < -0.39 is 0 Å². The van der Waals surface area contributed by atoms with Crippen molar-refractivity contribution in [1.82, 2.24) is 0 Å². The highest BCUT2D eigenvalue weighted by Crippen LogP contribution is 1.96. The lowest BCUT2D eigenvalue weighted by Gasteiger charge is -1.88. The summed E-state index contributed by atoms with van der Waals surface area (Å²) < 4.78 is 0. The van der Waals surface area contributed by atoms with Gasteiger partial charge in [0.15, 0.2) is 0 Å². The number of unbranched alkanes of at least 4 members (excludes halogenated alkanes) is 1. The first-order chi connectivity index (χ1) is 6.47. The Balaban J connectivity index is -0.000000135. The summed E-state index contributed by atoms with van der Waals surface area (Å²) in [7, 11) is 0. The molecule has 0 nitrogen and oxygen atoms in total. The maximum atomic E-state index is 2.68. The second-order valence-corrected chi connectivity index (χ2v) is 3.50. The minimum absolute atomic E-state index is 1.32. The van der Waals surface area contributed by atoms with Crippen molar-refractivity contribution < 1.29 is 0 Å². The summed E-state index contributed by atoms with van der Waals surface area (Å²) in [5.41, 5.74) is 2.85. The normalized spacial score (nSPS) is 6.57. The molecule has 0 aliphatic carbocycles. The Morgan fingerprint density at radius 1 is 0.714 bits per heavy atom. The van der Waals surface area contributed by atoms with Gasteiger partial charge in [0.2, 0.25) is 0 Å². The molecule has 0 aromatic heterocycles. The van der Waals surface area contributed by atoms with Crippen molar-refractivity contribution in [3.05, 3.63) is 11.1 Å². The van der Waals surface area contributed by atoms with Crippen LogP contribution in [-0.4, -0.2) is 0 Å². The van der Waals surface area contributed by atoms with Gasteiger partial charge >= 0.3 is 0 Å². The van der Waals surface area contributed by atoms with Crippen LogP contribution in [0.4, 0.5) is 0 Å². The molecule has 0 radical (unpaired) electrons. The predicted octanol–water partition coefficient (Wildman–Crippen LogP) is 5.20. The summed E-state index contributed by atoms with van der Waals surface area (Å²) in [6.07, 6.45) is 2.64. The third-order valence-electron chi connectivity index (χ3n) is 1.75. The van der Waals surface area contributed by atoms with E-state index in [2.05, 4.69) is 53.4 Å². The lowest BCUT2D eigenvalue weighted by Crippen LogP contribution is -1.66. The highest BCUT2D eigenvalue weighted by atomic mass is 13.8. The zero-order chi connectivity index (χ0) is 12.0. The van der Waals surface area contributed by atoms with Crippen LogP contribution in [0.25, 0.3) is 0 Å². The molecule has 0 aromatic carbocycles. The first kappa shape index (κ1) is 19.0. The standard InChI is InChI=1S/C6H12.C4H10.C4H6/c1-5(2)6(3)4;2*1-3-4-2/h1-4H3;3-4H2,1-2H3;1-2H3. The van der Waals surface area contributed by atoms with Crippen LogP contribution in [0, 0.1) is 11.8 Å². The number of hydrogen-bond acceptors (Lipinski definition) is 0. The molecule has 0 spiro atoms. The third kappa shape index (κ3) is 42.7. The van der Waals surface area contributed by atoms with Crippen LogP contribution in [0.15, 0.2) is 11.1 Å². The molecule has 84 valence electrons. The summed E-state index contributed by atoms with van der Waals surface area (Å²) in [5, 5.41) is 0. The van der Waals surface area contributed by atoms with Crippen LogP contribution in [0.1, 0.15) is 68.2 Å². The smallest absolute Gasteiger partial charge is 0.00271 e. The van der Waals surface area contributed by atoms with E-state index in [9.17, 15) is 0 Å². The lowest BCUT2D eigenvalue weighted by atomic mass is 10.2. The van der Waals surface area contributed by atoms with Crippen LogP contribution >= 0.6 is 0 Å². The highest BCUT2D eigenvalue weighted by Gasteiger charge is 1.75. The zero-order valence-corrected chi connectivity index (χ0v) is 11.4. The van der Waals surface area contributed by atoms with Crippen LogP contribution in [-0.2, 0) is 0 Å². The molecule has 0 bridgehead atoms. The topological polar surface area (TPSA) is 0 Å². The van der Waals surface area contributed by atoms with E-state index in [1.54, 1.807) is 0 Å². The monoisotopic (exact) mass is 196 g/mol. The second kappa shape index (κ2) is 18.2. The van der Waals surface area contributed by atoms with E-state index in [1.807, 2.05) is 13.8 Å². The Morgan fingerprint density at radius 2 is 0.929 bits per heavy atom. The van der Waals surface area contributed by atoms with Gasteiger partial charge in [-0.1, -0.05) is 37.8 Å².